The maximum absolute atomic E-state index is 9.21. The maximum atomic E-state index is 9.21. The van der Waals surface area contributed by atoms with Crippen molar-refractivity contribution in [2.24, 2.45) is 0 Å². The fourth-order valence-electron chi connectivity index (χ4n) is 1.89. The van der Waals surface area contributed by atoms with Gasteiger partial charge in [-0.15, -0.1) is 0 Å². The lowest BCUT2D eigenvalue weighted by Crippen LogP contribution is -1.95. The minimum absolute atomic E-state index is 0.516. The minimum atomic E-state index is 0.516. The SMILES string of the molecule is Cc1ccc(C)c(Oc2cccc(Br)c2C#N)c1C. The lowest BCUT2D eigenvalue weighted by molar-refractivity contribution is 0.472. The van der Waals surface area contributed by atoms with Gasteiger partial charge in [0.05, 0.1) is 0 Å². The fourth-order valence-corrected chi connectivity index (χ4v) is 2.33. The molecule has 2 nitrogen and oxygen atoms in total. The van der Waals surface area contributed by atoms with Crippen molar-refractivity contribution in [3.63, 3.8) is 0 Å². The monoisotopic (exact) mass is 315 g/mol. The molecule has 0 radical (unpaired) electrons. The molecule has 0 spiro atoms. The number of benzene rings is 2. The average Bonchev–Trinajstić information content (AvgIpc) is 2.39. The van der Waals surface area contributed by atoms with Gasteiger partial charge in [0, 0.05) is 4.47 Å². The van der Waals surface area contributed by atoms with E-state index in [0.29, 0.717) is 11.3 Å². The predicted molar refractivity (Wildman–Crippen MR) is 79.6 cm³/mol. The molecule has 0 heterocycles. The van der Waals surface area contributed by atoms with E-state index in [1.165, 1.54) is 5.56 Å². The van der Waals surface area contributed by atoms with Gasteiger partial charge in [0.25, 0.3) is 0 Å². The van der Waals surface area contributed by atoms with Gasteiger partial charge in [-0.25, -0.2) is 0 Å². The molecule has 96 valence electrons. The molecule has 0 aliphatic carbocycles. The summed E-state index contributed by atoms with van der Waals surface area (Å²) in [6, 6.07) is 11.8. The van der Waals surface area contributed by atoms with Crippen molar-refractivity contribution in [3.8, 4) is 17.6 Å². The Kier molecular flexibility index (Phi) is 3.92. The molecular formula is C16H14BrNO. The van der Waals surface area contributed by atoms with Crippen LogP contribution < -0.4 is 4.74 Å². The maximum Gasteiger partial charge on any atom is 0.146 e. The Labute approximate surface area is 121 Å². The van der Waals surface area contributed by atoms with Gasteiger partial charge in [0.15, 0.2) is 0 Å². The Balaban J connectivity index is 2.52. The van der Waals surface area contributed by atoms with Crippen LogP contribution in [0.15, 0.2) is 34.8 Å². The number of rotatable bonds is 2. The van der Waals surface area contributed by atoms with Gasteiger partial charge in [-0.1, -0.05) is 18.2 Å². The van der Waals surface area contributed by atoms with E-state index in [9.17, 15) is 5.26 Å². The second kappa shape index (κ2) is 5.46. The van der Waals surface area contributed by atoms with E-state index in [4.69, 9.17) is 4.74 Å². The zero-order valence-corrected chi connectivity index (χ0v) is 12.7. The van der Waals surface area contributed by atoms with E-state index >= 15 is 0 Å². The number of aryl methyl sites for hydroxylation is 2. The van der Waals surface area contributed by atoms with Gasteiger partial charge >= 0.3 is 0 Å². The normalized spacial score (nSPS) is 10.1. The standard InChI is InChI=1S/C16H14BrNO/c1-10-7-8-11(2)16(12(10)3)19-15-6-4-5-14(17)13(15)9-18/h4-8H,1-3H3. The average molecular weight is 316 g/mol. The molecule has 0 atom stereocenters. The fraction of sp³-hybridized carbons (Fsp3) is 0.188. The van der Waals surface area contributed by atoms with Gasteiger partial charge in [-0.05, 0) is 65.5 Å². The summed E-state index contributed by atoms with van der Waals surface area (Å²) in [6.45, 7) is 6.08. The quantitative estimate of drug-likeness (QED) is 0.778. The molecule has 0 aliphatic rings. The van der Waals surface area contributed by atoms with Crippen LogP contribution in [0.3, 0.4) is 0 Å². The summed E-state index contributed by atoms with van der Waals surface area (Å²) in [5.41, 5.74) is 3.85. The van der Waals surface area contributed by atoms with Gasteiger partial charge in [-0.3, -0.25) is 0 Å². The summed E-state index contributed by atoms with van der Waals surface area (Å²) >= 11 is 3.37. The van der Waals surface area contributed by atoms with Crippen LogP contribution in [0.4, 0.5) is 0 Å². The zero-order valence-electron chi connectivity index (χ0n) is 11.1. The number of halogens is 1. The van der Waals surface area contributed by atoms with Gasteiger partial charge in [0.1, 0.15) is 23.1 Å². The van der Waals surface area contributed by atoms with E-state index in [2.05, 4.69) is 28.1 Å². The zero-order chi connectivity index (χ0) is 14.0. The Hall–Kier alpha value is -1.79. The highest BCUT2D eigenvalue weighted by atomic mass is 79.9. The van der Waals surface area contributed by atoms with Crippen molar-refractivity contribution in [1.29, 1.82) is 5.26 Å². The second-order valence-corrected chi connectivity index (χ2v) is 5.33. The summed E-state index contributed by atoms with van der Waals surface area (Å²) < 4.78 is 6.72. The highest BCUT2D eigenvalue weighted by Crippen LogP contribution is 2.34. The largest absolute Gasteiger partial charge is 0.455 e. The summed E-state index contributed by atoms with van der Waals surface area (Å²) in [5, 5.41) is 9.21. The Bertz CT molecular complexity index is 671. The molecule has 0 bridgehead atoms. The van der Waals surface area contributed by atoms with Crippen LogP contribution in [0.25, 0.3) is 0 Å². The Morgan fingerprint density at radius 1 is 1.05 bits per heavy atom. The first-order valence-electron chi connectivity index (χ1n) is 5.98. The van der Waals surface area contributed by atoms with Crippen LogP contribution in [0.5, 0.6) is 11.5 Å². The summed E-state index contributed by atoms with van der Waals surface area (Å²) in [7, 11) is 0. The second-order valence-electron chi connectivity index (χ2n) is 4.48. The first-order chi connectivity index (χ1) is 9.04. The van der Waals surface area contributed by atoms with Crippen molar-refractivity contribution < 1.29 is 4.74 Å². The molecule has 0 aliphatic heterocycles. The third-order valence-corrected chi connectivity index (χ3v) is 3.83. The smallest absolute Gasteiger partial charge is 0.146 e. The molecule has 0 unspecified atom stereocenters. The van der Waals surface area contributed by atoms with Gasteiger partial charge in [-0.2, -0.15) is 5.26 Å². The molecular weight excluding hydrogens is 302 g/mol. The van der Waals surface area contributed by atoms with Crippen LogP contribution in [0.1, 0.15) is 22.3 Å². The minimum Gasteiger partial charge on any atom is -0.455 e. The summed E-state index contributed by atoms with van der Waals surface area (Å²) in [6.07, 6.45) is 0. The lowest BCUT2D eigenvalue weighted by Gasteiger charge is -2.14. The van der Waals surface area contributed by atoms with E-state index < -0.39 is 0 Å². The highest BCUT2D eigenvalue weighted by molar-refractivity contribution is 9.10. The van der Waals surface area contributed by atoms with E-state index in [-0.39, 0.29) is 0 Å². The molecule has 0 fully saturated rings. The van der Waals surface area contributed by atoms with Gasteiger partial charge in [0.2, 0.25) is 0 Å². The van der Waals surface area contributed by atoms with Crippen LogP contribution in [-0.2, 0) is 0 Å². The molecule has 0 saturated carbocycles. The van der Waals surface area contributed by atoms with E-state index in [0.717, 1.165) is 21.3 Å². The molecule has 2 aromatic carbocycles. The summed E-state index contributed by atoms with van der Waals surface area (Å²) in [4.78, 5) is 0. The molecule has 0 saturated heterocycles. The molecule has 2 aromatic rings. The van der Waals surface area contributed by atoms with Crippen LogP contribution in [0, 0.1) is 32.1 Å². The third kappa shape index (κ3) is 2.64. The predicted octanol–water partition coefficient (Wildman–Crippen LogP) is 5.04. The Morgan fingerprint density at radius 2 is 1.74 bits per heavy atom. The molecule has 2 rings (SSSR count). The third-order valence-electron chi connectivity index (χ3n) is 3.17. The van der Waals surface area contributed by atoms with Crippen molar-refractivity contribution in [2.45, 2.75) is 20.8 Å². The lowest BCUT2D eigenvalue weighted by atomic mass is 10.1. The van der Waals surface area contributed by atoms with Crippen LogP contribution in [-0.4, -0.2) is 0 Å². The molecule has 19 heavy (non-hydrogen) atoms. The van der Waals surface area contributed by atoms with E-state index in [1.807, 2.05) is 45.0 Å². The van der Waals surface area contributed by atoms with Gasteiger partial charge < -0.3 is 4.74 Å². The van der Waals surface area contributed by atoms with Crippen molar-refractivity contribution in [3.05, 3.63) is 57.1 Å². The molecule has 0 aromatic heterocycles. The van der Waals surface area contributed by atoms with Crippen LogP contribution >= 0.6 is 15.9 Å². The summed E-state index contributed by atoms with van der Waals surface area (Å²) in [5.74, 6) is 1.41. The number of nitrogens with zero attached hydrogens (tertiary/aromatic N) is 1. The van der Waals surface area contributed by atoms with Crippen molar-refractivity contribution in [1.82, 2.24) is 0 Å². The molecule has 3 heteroatoms. The topological polar surface area (TPSA) is 33.0 Å². The number of hydrogen-bond donors (Lipinski definition) is 0. The van der Waals surface area contributed by atoms with E-state index in [1.54, 1.807) is 0 Å². The van der Waals surface area contributed by atoms with Crippen LogP contribution in [0.2, 0.25) is 0 Å². The first-order valence-corrected chi connectivity index (χ1v) is 6.77. The number of nitriles is 1. The number of hydrogen-bond acceptors (Lipinski definition) is 2. The van der Waals surface area contributed by atoms with Crippen molar-refractivity contribution in [2.75, 3.05) is 0 Å². The number of ether oxygens (including phenoxy) is 1. The Morgan fingerprint density at radius 3 is 2.42 bits per heavy atom. The molecule has 0 amide bonds. The first kappa shape index (κ1) is 13.6. The molecule has 0 N–H and O–H groups in total. The highest BCUT2D eigenvalue weighted by Gasteiger charge is 2.12. The van der Waals surface area contributed by atoms with Crippen molar-refractivity contribution >= 4 is 15.9 Å².